The van der Waals surface area contributed by atoms with E-state index in [0.29, 0.717) is 0 Å². The van der Waals surface area contributed by atoms with Crippen LogP contribution in [0.5, 0.6) is 0 Å². The van der Waals surface area contributed by atoms with Gasteiger partial charge in [-0.1, -0.05) is 0 Å². The first-order valence-corrected chi connectivity index (χ1v) is 4.60. The van der Waals surface area contributed by atoms with Gasteiger partial charge in [-0.2, -0.15) is 0 Å². The Bertz CT molecular complexity index is 128. The number of aliphatic hydroxyl groups excluding tert-OH is 1. The summed E-state index contributed by atoms with van der Waals surface area (Å²) in [5.74, 6) is 0. The van der Waals surface area contributed by atoms with Crippen molar-refractivity contribution < 1.29 is 9.84 Å². The number of hydrogen-bond acceptors (Lipinski definition) is 3. The van der Waals surface area contributed by atoms with Crippen molar-refractivity contribution in [1.82, 2.24) is 4.90 Å². The summed E-state index contributed by atoms with van der Waals surface area (Å²) in [6.45, 7) is 7.98. The van der Waals surface area contributed by atoms with E-state index in [1.54, 1.807) is 0 Å². The number of rotatable bonds is 2. The average molecular weight is 173 g/mol. The molecular weight excluding hydrogens is 154 g/mol. The molecule has 0 radical (unpaired) electrons. The van der Waals surface area contributed by atoms with Crippen molar-refractivity contribution in [3.8, 4) is 0 Å². The van der Waals surface area contributed by atoms with Gasteiger partial charge in [-0.15, -0.1) is 0 Å². The Morgan fingerprint density at radius 2 is 2.08 bits per heavy atom. The highest BCUT2D eigenvalue weighted by molar-refractivity contribution is 4.81. The molecule has 0 aromatic rings. The van der Waals surface area contributed by atoms with Crippen LogP contribution >= 0.6 is 0 Å². The van der Waals surface area contributed by atoms with E-state index in [1.807, 2.05) is 0 Å². The molecule has 1 aliphatic heterocycles. The molecule has 0 aliphatic carbocycles. The highest BCUT2D eigenvalue weighted by Gasteiger charge is 2.26. The summed E-state index contributed by atoms with van der Waals surface area (Å²) in [6, 6.07) is 0. The zero-order chi connectivity index (χ0) is 9.03. The van der Waals surface area contributed by atoms with Gasteiger partial charge in [0, 0.05) is 25.2 Å². The van der Waals surface area contributed by atoms with E-state index >= 15 is 0 Å². The molecule has 3 heteroatoms. The maximum atomic E-state index is 9.16. The van der Waals surface area contributed by atoms with Gasteiger partial charge in [0.25, 0.3) is 0 Å². The summed E-state index contributed by atoms with van der Waals surface area (Å²) in [7, 11) is 0. The summed E-state index contributed by atoms with van der Waals surface area (Å²) >= 11 is 0. The summed E-state index contributed by atoms with van der Waals surface area (Å²) < 4.78 is 5.34. The first-order valence-electron chi connectivity index (χ1n) is 4.60. The number of hydrogen-bond donors (Lipinski definition) is 1. The minimum atomic E-state index is -0.0896. The molecule has 0 aromatic carbocycles. The second kappa shape index (κ2) is 4.21. The molecule has 12 heavy (non-hydrogen) atoms. The SMILES string of the molecule is CC(C)(CO)N1CCCOCC1. The third-order valence-electron chi connectivity index (χ3n) is 2.47. The Balaban J connectivity index is 2.47. The third-order valence-corrected chi connectivity index (χ3v) is 2.47. The Labute approximate surface area is 74.3 Å². The molecule has 0 aromatic heterocycles. The second-order valence-electron chi connectivity index (χ2n) is 3.92. The van der Waals surface area contributed by atoms with Gasteiger partial charge in [-0.05, 0) is 20.3 Å². The highest BCUT2D eigenvalue weighted by Crippen LogP contribution is 2.15. The van der Waals surface area contributed by atoms with E-state index < -0.39 is 0 Å². The molecule has 1 rings (SSSR count). The molecule has 0 atom stereocenters. The number of nitrogens with zero attached hydrogens (tertiary/aromatic N) is 1. The number of aliphatic hydroxyl groups is 1. The van der Waals surface area contributed by atoms with Gasteiger partial charge in [0.05, 0.1) is 13.2 Å². The number of ether oxygens (including phenoxy) is 1. The van der Waals surface area contributed by atoms with Crippen LogP contribution in [0.4, 0.5) is 0 Å². The quantitative estimate of drug-likeness (QED) is 0.659. The maximum absolute atomic E-state index is 9.16. The average Bonchev–Trinajstić information content (AvgIpc) is 2.32. The zero-order valence-corrected chi connectivity index (χ0v) is 8.05. The standard InChI is InChI=1S/C9H19NO2/c1-9(2,8-11)10-4-3-6-12-7-5-10/h11H,3-8H2,1-2H3. The molecule has 0 spiro atoms. The lowest BCUT2D eigenvalue weighted by molar-refractivity contribution is 0.0527. The van der Waals surface area contributed by atoms with Crippen molar-refractivity contribution in [3.63, 3.8) is 0 Å². The fourth-order valence-corrected chi connectivity index (χ4v) is 1.45. The van der Waals surface area contributed by atoms with Crippen LogP contribution in [0, 0.1) is 0 Å². The third kappa shape index (κ3) is 2.44. The molecule has 0 amide bonds. The molecule has 72 valence electrons. The minimum absolute atomic E-state index is 0.0896. The molecule has 1 saturated heterocycles. The van der Waals surface area contributed by atoms with Crippen molar-refractivity contribution in [2.45, 2.75) is 25.8 Å². The molecule has 1 N–H and O–H groups in total. The topological polar surface area (TPSA) is 32.7 Å². The normalized spacial score (nSPS) is 22.2. The molecule has 1 heterocycles. The molecule has 3 nitrogen and oxygen atoms in total. The summed E-state index contributed by atoms with van der Waals surface area (Å²) in [4.78, 5) is 2.29. The molecule has 1 aliphatic rings. The van der Waals surface area contributed by atoms with Gasteiger partial charge in [-0.25, -0.2) is 0 Å². The lowest BCUT2D eigenvalue weighted by Crippen LogP contribution is -2.47. The maximum Gasteiger partial charge on any atom is 0.0610 e. The second-order valence-corrected chi connectivity index (χ2v) is 3.92. The van der Waals surface area contributed by atoms with Crippen LogP contribution in [0.25, 0.3) is 0 Å². The van der Waals surface area contributed by atoms with Crippen LogP contribution in [-0.4, -0.2) is 48.5 Å². The molecular formula is C9H19NO2. The minimum Gasteiger partial charge on any atom is -0.394 e. The highest BCUT2D eigenvalue weighted by atomic mass is 16.5. The van der Waals surface area contributed by atoms with Gasteiger partial charge in [0.15, 0.2) is 0 Å². The predicted octanol–water partition coefficient (Wildman–Crippen LogP) is 0.480. The summed E-state index contributed by atoms with van der Waals surface area (Å²) in [5.41, 5.74) is -0.0896. The lowest BCUT2D eigenvalue weighted by Gasteiger charge is -2.35. The fraction of sp³-hybridized carbons (Fsp3) is 1.00. The van der Waals surface area contributed by atoms with Crippen molar-refractivity contribution >= 4 is 0 Å². The fourth-order valence-electron chi connectivity index (χ4n) is 1.45. The zero-order valence-electron chi connectivity index (χ0n) is 8.05. The van der Waals surface area contributed by atoms with Crippen molar-refractivity contribution in [2.75, 3.05) is 32.9 Å². The van der Waals surface area contributed by atoms with Gasteiger partial charge in [0.1, 0.15) is 0 Å². The largest absolute Gasteiger partial charge is 0.394 e. The van der Waals surface area contributed by atoms with E-state index in [1.165, 1.54) is 0 Å². The van der Waals surface area contributed by atoms with Crippen LogP contribution < -0.4 is 0 Å². The molecule has 0 saturated carbocycles. The molecule has 0 unspecified atom stereocenters. The first-order chi connectivity index (χ1) is 5.67. The van der Waals surface area contributed by atoms with E-state index in [-0.39, 0.29) is 12.1 Å². The van der Waals surface area contributed by atoms with Crippen LogP contribution in [0.2, 0.25) is 0 Å². The van der Waals surface area contributed by atoms with Crippen LogP contribution in [0.15, 0.2) is 0 Å². The van der Waals surface area contributed by atoms with Crippen molar-refractivity contribution in [3.05, 3.63) is 0 Å². The monoisotopic (exact) mass is 173 g/mol. The molecule has 1 fully saturated rings. The van der Waals surface area contributed by atoms with Crippen molar-refractivity contribution in [1.29, 1.82) is 0 Å². The Hall–Kier alpha value is -0.120. The van der Waals surface area contributed by atoms with Gasteiger partial charge in [0.2, 0.25) is 0 Å². The summed E-state index contributed by atoms with van der Waals surface area (Å²) in [6.07, 6.45) is 1.07. The van der Waals surface area contributed by atoms with E-state index in [9.17, 15) is 0 Å². The Kier molecular flexibility index (Phi) is 3.50. The Morgan fingerprint density at radius 1 is 1.33 bits per heavy atom. The molecule has 0 bridgehead atoms. The van der Waals surface area contributed by atoms with Crippen molar-refractivity contribution in [2.24, 2.45) is 0 Å². The van der Waals surface area contributed by atoms with E-state index in [2.05, 4.69) is 18.7 Å². The van der Waals surface area contributed by atoms with Gasteiger partial charge in [-0.3, -0.25) is 4.90 Å². The van der Waals surface area contributed by atoms with E-state index in [4.69, 9.17) is 9.84 Å². The summed E-state index contributed by atoms with van der Waals surface area (Å²) in [5, 5.41) is 9.16. The predicted molar refractivity (Wildman–Crippen MR) is 48.2 cm³/mol. The van der Waals surface area contributed by atoms with Gasteiger partial charge < -0.3 is 9.84 Å². The van der Waals surface area contributed by atoms with Crippen LogP contribution in [0.1, 0.15) is 20.3 Å². The van der Waals surface area contributed by atoms with E-state index in [0.717, 1.165) is 32.7 Å². The first kappa shape index (κ1) is 9.96. The van der Waals surface area contributed by atoms with Gasteiger partial charge >= 0.3 is 0 Å². The van der Waals surface area contributed by atoms with Crippen LogP contribution in [0.3, 0.4) is 0 Å². The smallest absolute Gasteiger partial charge is 0.0610 e. The Morgan fingerprint density at radius 3 is 2.75 bits per heavy atom. The van der Waals surface area contributed by atoms with Crippen LogP contribution in [-0.2, 0) is 4.74 Å². The lowest BCUT2D eigenvalue weighted by atomic mass is 10.0.